The number of benzene rings is 13. The molecule has 0 aliphatic rings. The van der Waals surface area contributed by atoms with Crippen molar-refractivity contribution < 1.29 is 0 Å². The highest BCUT2D eigenvalue weighted by Crippen LogP contribution is 2.54. The second-order valence-electron chi connectivity index (χ2n) is 21.6. The summed E-state index contributed by atoms with van der Waals surface area (Å²) >= 11 is 1.80. The molecule has 5 aromatic heterocycles. The van der Waals surface area contributed by atoms with Crippen molar-refractivity contribution in [2.45, 2.75) is 0 Å². The van der Waals surface area contributed by atoms with Crippen LogP contribution < -0.4 is 0 Å². The molecule has 0 bridgehead atoms. The second kappa shape index (κ2) is 17.1. The van der Waals surface area contributed by atoms with Gasteiger partial charge in [0.15, 0.2) is 0 Å². The maximum atomic E-state index is 12.8. The van der Waals surface area contributed by atoms with E-state index in [2.05, 4.69) is 279 Å². The third-order valence-electron chi connectivity index (χ3n) is 17.6. The molecular formula is C76H42N6S. The van der Waals surface area contributed by atoms with E-state index in [1.165, 1.54) is 26.2 Å². The summed E-state index contributed by atoms with van der Waals surface area (Å²) in [5.74, 6) is 0. The predicted molar refractivity (Wildman–Crippen MR) is 348 cm³/mol. The lowest BCUT2D eigenvalue weighted by Crippen LogP contribution is -2.14. The molecule has 0 atom stereocenters. The van der Waals surface area contributed by atoms with E-state index in [-0.39, 0.29) is 0 Å². The van der Waals surface area contributed by atoms with Gasteiger partial charge in [0, 0.05) is 58.6 Å². The molecule has 0 aliphatic carbocycles. The zero-order valence-electron chi connectivity index (χ0n) is 44.3. The van der Waals surface area contributed by atoms with Crippen molar-refractivity contribution in [3.63, 3.8) is 0 Å². The van der Waals surface area contributed by atoms with Crippen LogP contribution in [0.4, 0.5) is 5.69 Å². The number of aromatic nitrogens is 4. The smallest absolute Gasteiger partial charge is 0.237 e. The van der Waals surface area contributed by atoms with Crippen molar-refractivity contribution in [1.82, 2.24) is 18.3 Å². The Kier molecular flexibility index (Phi) is 9.42. The van der Waals surface area contributed by atoms with E-state index in [1.807, 2.05) is 0 Å². The van der Waals surface area contributed by atoms with Crippen molar-refractivity contribution in [1.29, 1.82) is 5.26 Å². The molecule has 0 saturated heterocycles. The van der Waals surface area contributed by atoms with Crippen molar-refractivity contribution in [2.24, 2.45) is 0 Å². The number of hydrogen-bond acceptors (Lipinski definition) is 2. The molecule has 0 radical (unpaired) electrons. The van der Waals surface area contributed by atoms with Gasteiger partial charge in [-0.3, -0.25) is 0 Å². The van der Waals surface area contributed by atoms with Gasteiger partial charge in [0.2, 0.25) is 5.69 Å². The summed E-state index contributed by atoms with van der Waals surface area (Å²) in [7, 11) is 0. The van der Waals surface area contributed by atoms with Gasteiger partial charge < -0.3 is 18.3 Å². The monoisotopic (exact) mass is 1070 g/mol. The molecule has 13 aromatic carbocycles. The summed E-state index contributed by atoms with van der Waals surface area (Å²) in [5, 5.41) is 28.3. The van der Waals surface area contributed by atoms with Crippen LogP contribution in [-0.2, 0) is 0 Å². The van der Waals surface area contributed by atoms with Crippen molar-refractivity contribution in [2.75, 3.05) is 0 Å². The Morgan fingerprint density at radius 2 is 0.759 bits per heavy atom. The summed E-state index contributed by atoms with van der Waals surface area (Å²) < 4.78 is 11.6. The molecule has 0 aliphatic heterocycles. The standard InChI is InChI=1S/C76H42N6S/c1-78-70-71(79-61-32-11-4-22-50(61)51-23-5-12-33-62(51)79)60(44-77)72(80-63-34-13-6-24-52(63)53-25-7-14-35-64(53)80)75(74(70)81-65-36-15-8-26-54(65)55-27-9-16-37-66(55)81)82-67-38-19-31-57(48-30-18-29-47-46-21-3-2-20-45(46)40-41-49(47)48)69(67)59-43-42-58-56-28-10-17-39-68(56)83-76(58)73(59)82/h2-43H. The fraction of sp³-hybridized carbons (Fsp3) is 0. The van der Waals surface area contributed by atoms with Gasteiger partial charge in [0.05, 0.1) is 83.7 Å². The topological polar surface area (TPSA) is 47.9 Å². The fourth-order valence-electron chi connectivity index (χ4n) is 14.3. The largest absolute Gasteiger partial charge is 0.318 e. The van der Waals surface area contributed by atoms with E-state index >= 15 is 0 Å². The predicted octanol–water partition coefficient (Wildman–Crippen LogP) is 20.8. The van der Waals surface area contributed by atoms with E-state index < -0.39 is 0 Å². The summed E-state index contributed by atoms with van der Waals surface area (Å²) in [5.41, 5.74) is 13.1. The van der Waals surface area contributed by atoms with Crippen LogP contribution in [0, 0.1) is 17.9 Å². The summed E-state index contributed by atoms with van der Waals surface area (Å²) in [4.78, 5) is 4.85. The molecule has 18 rings (SSSR count). The van der Waals surface area contributed by atoms with E-state index in [0.29, 0.717) is 28.3 Å². The molecule has 0 amide bonds. The minimum atomic E-state index is 0.356. The Morgan fingerprint density at radius 1 is 0.325 bits per heavy atom. The van der Waals surface area contributed by atoms with Crippen molar-refractivity contribution in [3.05, 3.63) is 272 Å². The first-order valence-corrected chi connectivity index (χ1v) is 28.8. The minimum Gasteiger partial charge on any atom is -0.318 e. The average molecular weight is 1070 g/mol. The number of nitriles is 1. The maximum absolute atomic E-state index is 12.8. The van der Waals surface area contributed by atoms with Gasteiger partial charge in [0.25, 0.3) is 0 Å². The highest BCUT2D eigenvalue weighted by molar-refractivity contribution is 7.26. The lowest BCUT2D eigenvalue weighted by Gasteiger charge is -2.27. The van der Waals surface area contributed by atoms with Crippen LogP contribution in [0.3, 0.4) is 0 Å². The van der Waals surface area contributed by atoms with Crippen LogP contribution in [0.1, 0.15) is 5.56 Å². The third kappa shape index (κ3) is 6.07. The van der Waals surface area contributed by atoms with Crippen LogP contribution in [0.25, 0.3) is 168 Å². The van der Waals surface area contributed by atoms with Crippen LogP contribution in [0.5, 0.6) is 0 Å². The molecule has 0 N–H and O–H groups in total. The number of hydrogen-bond donors (Lipinski definition) is 0. The first-order valence-electron chi connectivity index (χ1n) is 27.9. The summed E-state index contributed by atoms with van der Waals surface area (Å²) in [6.07, 6.45) is 0. The fourth-order valence-corrected chi connectivity index (χ4v) is 15.5. The van der Waals surface area contributed by atoms with Gasteiger partial charge in [-0.15, -0.1) is 11.3 Å². The van der Waals surface area contributed by atoms with Crippen molar-refractivity contribution >= 4 is 146 Å². The zero-order chi connectivity index (χ0) is 54.6. The Bertz CT molecular complexity index is 5670. The third-order valence-corrected chi connectivity index (χ3v) is 18.8. The number of thiophene rings is 1. The van der Waals surface area contributed by atoms with Crippen LogP contribution in [-0.4, -0.2) is 18.3 Å². The van der Waals surface area contributed by atoms with Gasteiger partial charge in [-0.1, -0.05) is 206 Å². The molecule has 5 heterocycles. The molecular weight excluding hydrogens is 1030 g/mol. The van der Waals surface area contributed by atoms with E-state index in [1.54, 1.807) is 11.3 Å². The number of rotatable bonds is 5. The van der Waals surface area contributed by atoms with E-state index in [9.17, 15) is 11.8 Å². The van der Waals surface area contributed by atoms with Crippen LogP contribution in [0.2, 0.25) is 0 Å². The van der Waals surface area contributed by atoms with Crippen molar-refractivity contribution in [3.8, 4) is 39.9 Å². The van der Waals surface area contributed by atoms with Gasteiger partial charge in [-0.2, -0.15) is 5.26 Å². The Morgan fingerprint density at radius 3 is 1.33 bits per heavy atom. The molecule has 0 unspecified atom stereocenters. The number of nitrogens with zero attached hydrogens (tertiary/aromatic N) is 6. The molecule has 0 fully saturated rings. The SMILES string of the molecule is [C-]#[N+]c1c(-n2c3ccccc3c3ccccc32)c(C#N)c(-n2c3ccccc3c3ccccc32)c(-n2c3cccc(-c4cccc5c4ccc4ccccc45)c3c3ccc4c5ccccc5sc4c32)c1-n1c2ccccc2c2ccccc21. The molecule has 382 valence electrons. The maximum Gasteiger partial charge on any atom is 0.237 e. The number of para-hydroxylation sites is 6. The van der Waals surface area contributed by atoms with Gasteiger partial charge in [-0.25, -0.2) is 4.85 Å². The summed E-state index contributed by atoms with van der Waals surface area (Å²) in [6, 6.07) is 94.0. The number of fused-ring (bicyclic) bond motifs is 19. The van der Waals surface area contributed by atoms with E-state index in [0.717, 1.165) is 120 Å². The Labute approximate surface area is 478 Å². The summed E-state index contributed by atoms with van der Waals surface area (Å²) in [6.45, 7) is 9.95. The lowest BCUT2D eigenvalue weighted by molar-refractivity contribution is 1.03. The van der Waals surface area contributed by atoms with Crippen LogP contribution in [0.15, 0.2) is 255 Å². The Hall–Kier alpha value is -11.2. The highest BCUT2D eigenvalue weighted by atomic mass is 32.1. The van der Waals surface area contributed by atoms with Gasteiger partial charge in [0.1, 0.15) is 6.07 Å². The highest BCUT2D eigenvalue weighted by Gasteiger charge is 2.35. The lowest BCUT2D eigenvalue weighted by atomic mass is 9.92. The first kappa shape index (κ1) is 45.6. The average Bonchev–Trinajstić information content (AvgIpc) is 1.84. The molecule has 6 nitrogen and oxygen atoms in total. The van der Waals surface area contributed by atoms with Gasteiger partial charge >= 0.3 is 0 Å². The Balaban J connectivity index is 1.15. The molecule has 83 heavy (non-hydrogen) atoms. The molecule has 0 saturated carbocycles. The quantitative estimate of drug-likeness (QED) is 0.125. The second-order valence-corrected chi connectivity index (χ2v) is 22.7. The van der Waals surface area contributed by atoms with Crippen LogP contribution >= 0.6 is 11.3 Å². The normalized spacial score (nSPS) is 12.1. The zero-order valence-corrected chi connectivity index (χ0v) is 45.2. The molecule has 7 heteroatoms. The van der Waals surface area contributed by atoms with E-state index in [4.69, 9.17) is 4.85 Å². The molecule has 0 spiro atoms. The minimum absolute atomic E-state index is 0.356. The molecule has 18 aromatic rings. The first-order chi connectivity index (χ1) is 41.2. The van der Waals surface area contributed by atoms with Gasteiger partial charge in [-0.05, 0) is 81.2 Å².